The van der Waals surface area contributed by atoms with Crippen LogP contribution in [0.4, 0.5) is 5.82 Å². The molecule has 0 amide bonds. The van der Waals surface area contributed by atoms with Crippen LogP contribution >= 0.6 is 23.2 Å². The molecule has 1 fully saturated rings. The van der Waals surface area contributed by atoms with Crippen LogP contribution in [-0.2, 0) is 6.54 Å². The van der Waals surface area contributed by atoms with Crippen LogP contribution in [0.5, 0.6) is 5.75 Å². The minimum absolute atomic E-state index is 0.472. The maximum absolute atomic E-state index is 6.11. The first-order valence-corrected chi connectivity index (χ1v) is 7.52. The maximum Gasteiger partial charge on any atom is 0.137 e. The average Bonchev–Trinajstić information content (AvgIpc) is 3.29. The second-order valence-electron chi connectivity index (χ2n) is 5.03. The Hall–Kier alpha value is -1.52. The van der Waals surface area contributed by atoms with Gasteiger partial charge in [-0.15, -0.1) is 0 Å². The van der Waals surface area contributed by atoms with Gasteiger partial charge in [0.25, 0.3) is 0 Å². The summed E-state index contributed by atoms with van der Waals surface area (Å²) in [7, 11) is 1.60. The van der Waals surface area contributed by atoms with E-state index in [-0.39, 0.29) is 0 Å². The van der Waals surface area contributed by atoms with Crippen molar-refractivity contribution in [2.75, 3.05) is 12.4 Å². The number of aromatic nitrogens is 2. The van der Waals surface area contributed by atoms with Gasteiger partial charge in [-0.05, 0) is 30.5 Å². The van der Waals surface area contributed by atoms with Crippen LogP contribution in [0.15, 0.2) is 24.3 Å². The zero-order valence-corrected chi connectivity index (χ0v) is 13.1. The predicted molar refractivity (Wildman–Crippen MR) is 84.3 cm³/mol. The van der Waals surface area contributed by atoms with Gasteiger partial charge in [-0.1, -0.05) is 29.3 Å². The van der Waals surface area contributed by atoms with Gasteiger partial charge in [0.1, 0.15) is 22.5 Å². The molecular formula is C15H15Cl2N3O. The van der Waals surface area contributed by atoms with Gasteiger partial charge in [-0.3, -0.25) is 0 Å². The second kappa shape index (κ2) is 6.08. The molecule has 110 valence electrons. The van der Waals surface area contributed by atoms with Gasteiger partial charge >= 0.3 is 0 Å². The summed E-state index contributed by atoms with van der Waals surface area (Å²) in [5.74, 6) is 2.71. The van der Waals surface area contributed by atoms with Crippen molar-refractivity contribution in [1.82, 2.24) is 9.97 Å². The molecule has 4 nitrogen and oxygen atoms in total. The van der Waals surface area contributed by atoms with Gasteiger partial charge in [-0.25, -0.2) is 9.97 Å². The summed E-state index contributed by atoms with van der Waals surface area (Å²) in [5, 5.41) is 4.32. The van der Waals surface area contributed by atoms with E-state index in [2.05, 4.69) is 15.3 Å². The lowest BCUT2D eigenvalue weighted by atomic mass is 10.2. The van der Waals surface area contributed by atoms with E-state index in [1.54, 1.807) is 13.2 Å². The van der Waals surface area contributed by atoms with Crippen molar-refractivity contribution >= 4 is 29.0 Å². The molecule has 1 aliphatic carbocycles. The Labute approximate surface area is 133 Å². The summed E-state index contributed by atoms with van der Waals surface area (Å²) < 4.78 is 5.14. The first-order chi connectivity index (χ1) is 10.2. The predicted octanol–water partition coefficient (Wildman–Crippen LogP) is 4.28. The van der Waals surface area contributed by atoms with Crippen molar-refractivity contribution in [3.05, 3.63) is 45.8 Å². The van der Waals surface area contributed by atoms with Crippen molar-refractivity contribution in [1.29, 1.82) is 0 Å². The van der Waals surface area contributed by atoms with Crippen molar-refractivity contribution in [2.45, 2.75) is 25.3 Å². The maximum atomic E-state index is 6.11. The number of hydrogen-bond acceptors (Lipinski definition) is 4. The van der Waals surface area contributed by atoms with E-state index < -0.39 is 0 Å². The van der Waals surface area contributed by atoms with Gasteiger partial charge in [0.15, 0.2) is 0 Å². The molecule has 1 aromatic heterocycles. The Kier molecular flexibility index (Phi) is 4.17. The molecule has 1 saturated carbocycles. The van der Waals surface area contributed by atoms with Crippen LogP contribution in [0, 0.1) is 0 Å². The highest BCUT2D eigenvalue weighted by Gasteiger charge is 2.27. The van der Waals surface area contributed by atoms with Gasteiger partial charge in [-0.2, -0.15) is 0 Å². The summed E-state index contributed by atoms with van der Waals surface area (Å²) in [5.41, 5.74) is 1.04. The first-order valence-electron chi connectivity index (χ1n) is 6.76. The van der Waals surface area contributed by atoms with E-state index in [0.29, 0.717) is 28.4 Å². The van der Waals surface area contributed by atoms with E-state index in [1.165, 1.54) is 0 Å². The lowest BCUT2D eigenvalue weighted by Gasteiger charge is -2.09. The zero-order valence-electron chi connectivity index (χ0n) is 11.6. The average molecular weight is 324 g/mol. The largest absolute Gasteiger partial charge is 0.495 e. The van der Waals surface area contributed by atoms with Gasteiger partial charge in [0.05, 0.1) is 12.1 Å². The molecule has 1 N–H and O–H groups in total. The van der Waals surface area contributed by atoms with Gasteiger partial charge < -0.3 is 10.1 Å². The minimum Gasteiger partial charge on any atom is -0.495 e. The number of ether oxygens (including phenoxy) is 1. The van der Waals surface area contributed by atoms with Crippen molar-refractivity contribution in [3.8, 4) is 5.75 Å². The number of methoxy groups -OCH3 is 1. The van der Waals surface area contributed by atoms with Crippen LogP contribution in [0.25, 0.3) is 0 Å². The topological polar surface area (TPSA) is 47.0 Å². The fourth-order valence-corrected chi connectivity index (χ4v) is 2.53. The molecule has 6 heteroatoms. The highest BCUT2D eigenvalue weighted by molar-refractivity contribution is 6.32. The second-order valence-corrected chi connectivity index (χ2v) is 5.83. The van der Waals surface area contributed by atoms with Crippen LogP contribution in [0.3, 0.4) is 0 Å². The summed E-state index contributed by atoms with van der Waals surface area (Å²) >= 11 is 12.2. The highest BCUT2D eigenvalue weighted by atomic mass is 35.5. The smallest absolute Gasteiger partial charge is 0.137 e. The van der Waals surface area contributed by atoms with Gasteiger partial charge in [0.2, 0.25) is 0 Å². The fraction of sp³-hybridized carbons (Fsp3) is 0.333. The molecule has 0 unspecified atom stereocenters. The molecular weight excluding hydrogens is 309 g/mol. The third kappa shape index (κ3) is 3.57. The summed E-state index contributed by atoms with van der Waals surface area (Å²) in [6.45, 7) is 0.612. The fourth-order valence-electron chi connectivity index (χ4n) is 2.06. The van der Waals surface area contributed by atoms with Gasteiger partial charge in [0, 0.05) is 18.5 Å². The number of nitrogens with zero attached hydrogens (tertiary/aromatic N) is 2. The molecule has 2 aromatic rings. The summed E-state index contributed by atoms with van der Waals surface area (Å²) in [6.07, 6.45) is 2.29. The monoisotopic (exact) mass is 323 g/mol. The normalized spacial score (nSPS) is 14.0. The molecule has 1 aliphatic rings. The number of rotatable bonds is 5. The number of hydrogen-bond donors (Lipinski definition) is 1. The standard InChI is InChI=1S/C15H15Cl2N3O/c1-21-12-5-2-9(6-11(12)16)8-18-14-7-13(17)19-15(20-14)10-3-4-10/h2,5-7,10H,3-4,8H2,1H3,(H,18,19,20). The number of anilines is 1. The Morgan fingerprint density at radius 3 is 2.71 bits per heavy atom. The van der Waals surface area contributed by atoms with E-state index in [9.17, 15) is 0 Å². The van der Waals surface area contributed by atoms with Crippen molar-refractivity contribution in [3.63, 3.8) is 0 Å². The highest BCUT2D eigenvalue weighted by Crippen LogP contribution is 2.38. The molecule has 1 heterocycles. The number of nitrogens with one attached hydrogen (secondary N) is 1. The SMILES string of the molecule is COc1ccc(CNc2cc(Cl)nc(C3CC3)n2)cc1Cl. The Morgan fingerprint density at radius 2 is 2.05 bits per heavy atom. The van der Waals surface area contributed by atoms with Crippen LogP contribution in [0.2, 0.25) is 10.2 Å². The van der Waals surface area contributed by atoms with Crippen molar-refractivity contribution < 1.29 is 4.74 Å². The third-order valence-corrected chi connectivity index (χ3v) is 3.83. The molecule has 0 radical (unpaired) electrons. The van der Waals surface area contributed by atoms with Crippen LogP contribution < -0.4 is 10.1 Å². The van der Waals surface area contributed by atoms with E-state index in [4.69, 9.17) is 27.9 Å². The van der Waals surface area contributed by atoms with E-state index in [0.717, 1.165) is 30.0 Å². The molecule has 0 saturated heterocycles. The molecule has 0 aliphatic heterocycles. The Balaban J connectivity index is 1.71. The summed E-state index contributed by atoms with van der Waals surface area (Å²) in [6, 6.07) is 7.42. The molecule has 1 aromatic carbocycles. The number of halogens is 2. The molecule has 0 bridgehead atoms. The van der Waals surface area contributed by atoms with Crippen LogP contribution in [-0.4, -0.2) is 17.1 Å². The van der Waals surface area contributed by atoms with E-state index in [1.807, 2.05) is 18.2 Å². The molecule has 0 spiro atoms. The first kappa shape index (κ1) is 14.4. The van der Waals surface area contributed by atoms with Crippen molar-refractivity contribution in [2.24, 2.45) is 0 Å². The number of benzene rings is 1. The summed E-state index contributed by atoms with van der Waals surface area (Å²) in [4.78, 5) is 8.77. The molecule has 3 rings (SSSR count). The lowest BCUT2D eigenvalue weighted by molar-refractivity contribution is 0.415. The zero-order chi connectivity index (χ0) is 14.8. The minimum atomic E-state index is 0.472. The van der Waals surface area contributed by atoms with Crippen LogP contribution in [0.1, 0.15) is 30.1 Å². The molecule has 0 atom stereocenters. The Bertz CT molecular complexity index is 659. The lowest BCUT2D eigenvalue weighted by Crippen LogP contribution is -2.04. The Morgan fingerprint density at radius 1 is 1.24 bits per heavy atom. The van der Waals surface area contributed by atoms with E-state index >= 15 is 0 Å². The quantitative estimate of drug-likeness (QED) is 0.834. The molecule has 21 heavy (non-hydrogen) atoms. The third-order valence-electron chi connectivity index (χ3n) is 3.34.